The summed E-state index contributed by atoms with van der Waals surface area (Å²) in [6.45, 7) is 3.48. The molecule has 2 amide bonds. The number of carbonyl (C=O) groups is 1. The van der Waals surface area contributed by atoms with E-state index in [0.29, 0.717) is 19.7 Å². The van der Waals surface area contributed by atoms with Gasteiger partial charge in [0.05, 0.1) is 30.2 Å². The van der Waals surface area contributed by atoms with Crippen molar-refractivity contribution in [3.63, 3.8) is 0 Å². The Hall–Kier alpha value is -2.87. The highest BCUT2D eigenvalue weighted by Gasteiger charge is 2.26. The van der Waals surface area contributed by atoms with E-state index in [-0.39, 0.29) is 12.1 Å². The minimum Gasteiger partial charge on any atom is -0.368 e. The monoisotopic (exact) mass is 326 g/mol. The third-order valence-electron chi connectivity index (χ3n) is 4.05. The molecule has 1 saturated heterocycles. The number of pyridine rings is 1. The second-order valence-electron chi connectivity index (χ2n) is 5.81. The van der Waals surface area contributed by atoms with E-state index < -0.39 is 0 Å². The molecule has 8 heteroatoms. The number of aromatic amines is 1. The second kappa shape index (κ2) is 5.97. The minimum atomic E-state index is -0.175. The average Bonchev–Trinajstić information content (AvgIpc) is 3.23. The Balaban J connectivity index is 1.46. The zero-order valence-electron chi connectivity index (χ0n) is 13.3. The summed E-state index contributed by atoms with van der Waals surface area (Å²) >= 11 is 0. The van der Waals surface area contributed by atoms with Crippen LogP contribution in [0.4, 0.5) is 10.5 Å². The largest absolute Gasteiger partial charge is 0.368 e. The van der Waals surface area contributed by atoms with Gasteiger partial charge in [-0.2, -0.15) is 5.10 Å². The maximum Gasteiger partial charge on any atom is 0.322 e. The van der Waals surface area contributed by atoms with Crippen LogP contribution < -0.4 is 5.32 Å². The van der Waals surface area contributed by atoms with Crippen LogP contribution in [0.25, 0.3) is 5.65 Å². The van der Waals surface area contributed by atoms with Gasteiger partial charge in [0.25, 0.3) is 0 Å². The fourth-order valence-corrected chi connectivity index (χ4v) is 2.86. The third-order valence-corrected chi connectivity index (χ3v) is 4.05. The first-order valence-electron chi connectivity index (χ1n) is 7.81. The molecule has 4 heterocycles. The molecule has 1 atom stereocenters. The van der Waals surface area contributed by atoms with E-state index in [4.69, 9.17) is 4.74 Å². The summed E-state index contributed by atoms with van der Waals surface area (Å²) in [5, 5.41) is 9.76. The molecule has 4 rings (SSSR count). The van der Waals surface area contributed by atoms with Gasteiger partial charge < -0.3 is 19.4 Å². The van der Waals surface area contributed by atoms with Crippen LogP contribution in [0.3, 0.4) is 0 Å². The first-order chi connectivity index (χ1) is 11.7. The van der Waals surface area contributed by atoms with Crippen LogP contribution in [-0.4, -0.2) is 50.2 Å². The highest BCUT2D eigenvalue weighted by molar-refractivity contribution is 5.89. The van der Waals surface area contributed by atoms with Crippen LogP contribution in [0.5, 0.6) is 0 Å². The van der Waals surface area contributed by atoms with E-state index in [2.05, 4.69) is 20.5 Å². The SMILES string of the molecule is Cc1cn2cc(NC(=O)N3CCOC(c4ccn[nH]4)C3)ccc2n1. The zero-order chi connectivity index (χ0) is 16.5. The van der Waals surface area contributed by atoms with Crippen LogP contribution >= 0.6 is 0 Å². The quantitative estimate of drug-likeness (QED) is 0.754. The Morgan fingerprint density at radius 1 is 1.38 bits per heavy atom. The van der Waals surface area contributed by atoms with Gasteiger partial charge in [-0.3, -0.25) is 5.10 Å². The summed E-state index contributed by atoms with van der Waals surface area (Å²) < 4.78 is 7.61. The Morgan fingerprint density at radius 2 is 2.29 bits per heavy atom. The summed E-state index contributed by atoms with van der Waals surface area (Å²) in [5.41, 5.74) is 3.41. The van der Waals surface area contributed by atoms with Crippen molar-refractivity contribution in [1.29, 1.82) is 0 Å². The molecule has 0 saturated carbocycles. The molecular weight excluding hydrogens is 308 g/mol. The van der Waals surface area contributed by atoms with Crippen molar-refractivity contribution in [3.05, 3.63) is 48.2 Å². The number of carbonyl (C=O) groups excluding carboxylic acids is 1. The number of rotatable bonds is 2. The number of fused-ring (bicyclic) bond motifs is 1. The number of morpholine rings is 1. The number of anilines is 1. The van der Waals surface area contributed by atoms with Crippen molar-refractivity contribution < 1.29 is 9.53 Å². The third kappa shape index (κ3) is 2.83. The molecule has 124 valence electrons. The van der Waals surface area contributed by atoms with Gasteiger partial charge in [0.1, 0.15) is 11.8 Å². The van der Waals surface area contributed by atoms with Crippen LogP contribution in [0.2, 0.25) is 0 Å². The number of hydrogen-bond acceptors (Lipinski definition) is 4. The number of urea groups is 1. The summed E-state index contributed by atoms with van der Waals surface area (Å²) in [7, 11) is 0. The van der Waals surface area contributed by atoms with Gasteiger partial charge in [0, 0.05) is 25.1 Å². The number of H-pyrrole nitrogens is 1. The van der Waals surface area contributed by atoms with Gasteiger partial charge in [0.15, 0.2) is 0 Å². The lowest BCUT2D eigenvalue weighted by Gasteiger charge is -2.32. The Bertz CT molecular complexity index is 857. The molecule has 3 aromatic rings. The Morgan fingerprint density at radius 3 is 3.12 bits per heavy atom. The normalized spacial score (nSPS) is 18.0. The number of amides is 2. The molecule has 1 aliphatic heterocycles. The summed E-state index contributed by atoms with van der Waals surface area (Å²) in [4.78, 5) is 18.7. The van der Waals surface area contributed by atoms with E-state index in [0.717, 1.165) is 22.7 Å². The van der Waals surface area contributed by atoms with Crippen LogP contribution in [0.15, 0.2) is 36.8 Å². The van der Waals surface area contributed by atoms with E-state index in [1.54, 1.807) is 11.1 Å². The summed E-state index contributed by atoms with van der Waals surface area (Å²) in [5.74, 6) is 0. The van der Waals surface area contributed by atoms with E-state index in [1.807, 2.05) is 41.9 Å². The first-order valence-corrected chi connectivity index (χ1v) is 7.81. The van der Waals surface area contributed by atoms with Gasteiger partial charge in [-0.1, -0.05) is 0 Å². The second-order valence-corrected chi connectivity index (χ2v) is 5.81. The number of imidazole rings is 1. The highest BCUT2D eigenvalue weighted by atomic mass is 16.5. The van der Waals surface area contributed by atoms with Crippen molar-refractivity contribution in [2.45, 2.75) is 13.0 Å². The molecule has 0 aromatic carbocycles. The number of aromatic nitrogens is 4. The molecule has 1 aliphatic rings. The van der Waals surface area contributed by atoms with E-state index >= 15 is 0 Å². The lowest BCUT2D eigenvalue weighted by atomic mass is 10.2. The summed E-state index contributed by atoms with van der Waals surface area (Å²) in [6.07, 6.45) is 5.29. The Kier molecular flexibility index (Phi) is 3.66. The molecule has 0 spiro atoms. The number of nitrogens with zero attached hydrogens (tertiary/aromatic N) is 4. The lowest BCUT2D eigenvalue weighted by Crippen LogP contribution is -2.44. The molecule has 24 heavy (non-hydrogen) atoms. The fourth-order valence-electron chi connectivity index (χ4n) is 2.86. The number of ether oxygens (including phenoxy) is 1. The van der Waals surface area contributed by atoms with E-state index in [9.17, 15) is 4.79 Å². The maximum absolute atomic E-state index is 12.5. The molecule has 1 unspecified atom stereocenters. The molecule has 8 nitrogen and oxygen atoms in total. The van der Waals surface area contributed by atoms with E-state index in [1.165, 1.54) is 0 Å². The molecule has 0 bridgehead atoms. The topological polar surface area (TPSA) is 87.5 Å². The highest BCUT2D eigenvalue weighted by Crippen LogP contribution is 2.21. The van der Waals surface area contributed by atoms with Crippen LogP contribution in [0.1, 0.15) is 17.5 Å². The van der Waals surface area contributed by atoms with Crippen molar-refractivity contribution in [1.82, 2.24) is 24.5 Å². The van der Waals surface area contributed by atoms with Crippen LogP contribution in [-0.2, 0) is 4.74 Å². The van der Waals surface area contributed by atoms with Gasteiger partial charge in [-0.15, -0.1) is 0 Å². The number of aryl methyl sites for hydroxylation is 1. The van der Waals surface area contributed by atoms with Gasteiger partial charge >= 0.3 is 6.03 Å². The lowest BCUT2D eigenvalue weighted by molar-refractivity contribution is -0.0157. The molecule has 3 aromatic heterocycles. The van der Waals surface area contributed by atoms with Gasteiger partial charge in [0.2, 0.25) is 0 Å². The van der Waals surface area contributed by atoms with Crippen molar-refractivity contribution in [2.24, 2.45) is 0 Å². The molecule has 1 fully saturated rings. The molecule has 0 radical (unpaired) electrons. The van der Waals surface area contributed by atoms with Crippen molar-refractivity contribution in [3.8, 4) is 0 Å². The Labute approximate surface area is 138 Å². The molecule has 2 N–H and O–H groups in total. The van der Waals surface area contributed by atoms with Crippen molar-refractivity contribution in [2.75, 3.05) is 25.0 Å². The fraction of sp³-hybridized carbons (Fsp3) is 0.312. The predicted molar refractivity (Wildman–Crippen MR) is 87.8 cm³/mol. The standard InChI is InChI=1S/C16H18N6O2/c1-11-8-22-9-12(2-3-15(22)18-11)19-16(23)21-6-7-24-14(10-21)13-4-5-17-20-13/h2-5,8-9,14H,6-7,10H2,1H3,(H,17,20)(H,19,23). The zero-order valence-corrected chi connectivity index (χ0v) is 13.3. The van der Waals surface area contributed by atoms with Crippen molar-refractivity contribution >= 4 is 17.4 Å². The van der Waals surface area contributed by atoms with Gasteiger partial charge in [-0.25, -0.2) is 9.78 Å². The number of nitrogens with one attached hydrogen (secondary N) is 2. The van der Waals surface area contributed by atoms with Gasteiger partial charge in [-0.05, 0) is 25.1 Å². The summed E-state index contributed by atoms with van der Waals surface area (Å²) in [6, 6.07) is 5.46. The number of hydrogen-bond donors (Lipinski definition) is 2. The predicted octanol–water partition coefficient (Wildman–Crippen LogP) is 1.97. The maximum atomic E-state index is 12.5. The smallest absolute Gasteiger partial charge is 0.322 e. The first kappa shape index (κ1) is 14.7. The molecular formula is C16H18N6O2. The molecule has 0 aliphatic carbocycles. The van der Waals surface area contributed by atoms with Crippen LogP contribution in [0, 0.1) is 6.92 Å². The average molecular weight is 326 g/mol. The minimum absolute atomic E-state index is 0.140.